The van der Waals surface area contributed by atoms with E-state index in [9.17, 15) is 14.7 Å². The van der Waals surface area contributed by atoms with E-state index in [1.807, 2.05) is 31.2 Å². The summed E-state index contributed by atoms with van der Waals surface area (Å²) in [5.74, 6) is 10.7. The number of nitrogens with one attached hydrogen (secondary N) is 1. The number of nitrogens with zero attached hydrogens (tertiary/aromatic N) is 3. The number of hydrogen-bond donors (Lipinski definition) is 5. The van der Waals surface area contributed by atoms with Crippen molar-refractivity contribution in [2.45, 2.75) is 26.3 Å². The van der Waals surface area contributed by atoms with Gasteiger partial charge in [0.25, 0.3) is 0 Å². The minimum Gasteiger partial charge on any atom is -0.480 e. The molecule has 0 aromatic heterocycles. The fourth-order valence-electron chi connectivity index (χ4n) is 2.92. The number of hydrazone groups is 1. The second-order valence-corrected chi connectivity index (χ2v) is 7.28. The van der Waals surface area contributed by atoms with E-state index in [-0.39, 0.29) is 24.6 Å². The summed E-state index contributed by atoms with van der Waals surface area (Å²) in [4.78, 5) is 25.8. The number of carbonyl (C=O) groups is 2. The van der Waals surface area contributed by atoms with Crippen molar-refractivity contribution in [2.75, 3.05) is 27.5 Å². The number of amides is 1. The molecule has 0 radical (unpaired) electrons. The first-order valence-corrected chi connectivity index (χ1v) is 10.3. The molecule has 0 saturated carbocycles. The van der Waals surface area contributed by atoms with Crippen molar-refractivity contribution in [1.82, 2.24) is 0 Å². The number of carbonyl (C=O) groups excluding carboxylic acids is 1. The summed E-state index contributed by atoms with van der Waals surface area (Å²) in [6.07, 6.45) is 0.105. The Morgan fingerprint density at radius 1 is 1.19 bits per heavy atom. The van der Waals surface area contributed by atoms with Crippen molar-refractivity contribution in [2.24, 2.45) is 16.8 Å². The van der Waals surface area contributed by atoms with Crippen LogP contribution in [0.4, 0.5) is 17.1 Å². The molecule has 0 spiro atoms. The molecule has 0 bridgehead atoms. The predicted molar refractivity (Wildman–Crippen MR) is 127 cm³/mol. The van der Waals surface area contributed by atoms with Crippen molar-refractivity contribution >= 4 is 47.4 Å². The number of carboxylic acid groups (broad SMARTS) is 1. The van der Waals surface area contributed by atoms with Crippen molar-refractivity contribution in [3.63, 3.8) is 0 Å². The van der Waals surface area contributed by atoms with Gasteiger partial charge in [0.05, 0.1) is 11.4 Å². The third kappa shape index (κ3) is 6.63. The molecule has 0 aliphatic rings. The lowest BCUT2D eigenvalue weighted by atomic mass is 10.1. The molecule has 0 heterocycles. The van der Waals surface area contributed by atoms with E-state index in [2.05, 4.69) is 23.0 Å². The summed E-state index contributed by atoms with van der Waals surface area (Å²) in [6.45, 7) is 3.80. The van der Waals surface area contributed by atoms with Gasteiger partial charge in [-0.05, 0) is 44.2 Å². The lowest BCUT2D eigenvalue weighted by molar-refractivity contribution is -0.138. The number of amidine groups is 1. The zero-order chi connectivity index (χ0) is 23.0. The maximum Gasteiger partial charge on any atom is 0.326 e. The highest BCUT2D eigenvalue weighted by Gasteiger charge is 2.22. The molecule has 0 saturated heterocycles. The normalized spacial score (nSPS) is 12.2. The Balaban J connectivity index is 2.08. The molecule has 2 aromatic carbocycles. The number of aliphatic carboxylic acids is 1. The van der Waals surface area contributed by atoms with Crippen molar-refractivity contribution in [1.29, 1.82) is 0 Å². The second kappa shape index (κ2) is 11.2. The average molecular weight is 445 g/mol. The summed E-state index contributed by atoms with van der Waals surface area (Å²) in [7, 11) is 0. The van der Waals surface area contributed by atoms with E-state index in [1.54, 1.807) is 36.1 Å². The van der Waals surface area contributed by atoms with Crippen LogP contribution >= 0.6 is 12.6 Å². The van der Waals surface area contributed by atoms with Gasteiger partial charge in [-0.1, -0.05) is 23.8 Å². The number of hydrazine groups is 1. The zero-order valence-corrected chi connectivity index (χ0v) is 18.4. The minimum absolute atomic E-state index is 0.105. The Morgan fingerprint density at radius 3 is 2.45 bits per heavy atom. The van der Waals surface area contributed by atoms with E-state index >= 15 is 0 Å². The maximum atomic E-state index is 12.5. The highest BCUT2D eigenvalue weighted by Crippen LogP contribution is 2.20. The van der Waals surface area contributed by atoms with Crippen molar-refractivity contribution in [3.05, 3.63) is 54.1 Å². The van der Waals surface area contributed by atoms with Crippen LogP contribution < -0.4 is 26.9 Å². The number of hydrogen-bond acceptors (Lipinski definition) is 7. The van der Waals surface area contributed by atoms with Crippen LogP contribution in [0.5, 0.6) is 0 Å². The predicted octanol–water partition coefficient (Wildman–Crippen LogP) is 2.19. The molecule has 6 N–H and O–H groups in total. The molecule has 2 aromatic rings. The van der Waals surface area contributed by atoms with Gasteiger partial charge in [0.1, 0.15) is 6.04 Å². The summed E-state index contributed by atoms with van der Waals surface area (Å²) >= 11 is 4.13. The first-order chi connectivity index (χ1) is 14.8. The van der Waals surface area contributed by atoms with Gasteiger partial charge in [-0.25, -0.2) is 10.6 Å². The molecule has 0 fully saturated rings. The van der Waals surface area contributed by atoms with Gasteiger partial charge in [0.15, 0.2) is 5.84 Å². The van der Waals surface area contributed by atoms with Gasteiger partial charge in [0, 0.05) is 24.3 Å². The number of anilines is 3. The Labute approximate surface area is 187 Å². The van der Waals surface area contributed by atoms with E-state index in [0.717, 1.165) is 11.3 Å². The molecule has 0 aliphatic heterocycles. The standard InChI is InChI=1S/C21H28N6O3S/c1-14-6-8-17(9-7-14)26(15(2)21(29)30)11-10-20(28)24-16-4-3-5-18(12-16)27(23)19(13-31)25-22/h3-9,12,15,31H,10-11,13,22-23H2,1-2H3,(H,24,28)(H,29,30)/b25-19-. The van der Waals surface area contributed by atoms with Gasteiger partial charge in [-0.15, -0.1) is 0 Å². The first kappa shape index (κ1) is 24.0. The van der Waals surface area contributed by atoms with Gasteiger partial charge in [-0.2, -0.15) is 17.7 Å². The Kier molecular flexibility index (Phi) is 8.71. The van der Waals surface area contributed by atoms with E-state index in [1.165, 1.54) is 5.01 Å². The Bertz CT molecular complexity index is 935. The molecule has 31 heavy (non-hydrogen) atoms. The number of nitrogens with two attached hydrogens (primary N) is 2. The molecule has 10 heteroatoms. The smallest absolute Gasteiger partial charge is 0.326 e. The van der Waals surface area contributed by atoms with Crippen LogP contribution in [0.15, 0.2) is 53.6 Å². The van der Waals surface area contributed by atoms with Gasteiger partial charge in [-0.3, -0.25) is 9.80 Å². The Morgan fingerprint density at radius 2 is 1.87 bits per heavy atom. The van der Waals surface area contributed by atoms with Gasteiger partial charge in [0.2, 0.25) is 5.91 Å². The quantitative estimate of drug-likeness (QED) is 0.131. The summed E-state index contributed by atoms with van der Waals surface area (Å²) in [5, 5.41) is 17.1. The van der Waals surface area contributed by atoms with Crippen molar-refractivity contribution < 1.29 is 14.7 Å². The number of thiol groups is 1. The van der Waals surface area contributed by atoms with Crippen LogP contribution in [-0.2, 0) is 9.59 Å². The third-order valence-electron chi connectivity index (χ3n) is 4.75. The number of aryl methyl sites for hydroxylation is 1. The molecular formula is C21H28N6O3S. The molecule has 1 unspecified atom stereocenters. The average Bonchev–Trinajstić information content (AvgIpc) is 2.75. The van der Waals surface area contributed by atoms with E-state index in [4.69, 9.17) is 11.7 Å². The highest BCUT2D eigenvalue weighted by molar-refractivity contribution is 7.81. The van der Waals surface area contributed by atoms with E-state index in [0.29, 0.717) is 17.2 Å². The number of rotatable bonds is 9. The maximum absolute atomic E-state index is 12.5. The molecule has 166 valence electrons. The van der Waals surface area contributed by atoms with Crippen molar-refractivity contribution in [3.8, 4) is 0 Å². The topological polar surface area (TPSA) is 137 Å². The van der Waals surface area contributed by atoms with Crippen LogP contribution in [0.25, 0.3) is 0 Å². The molecule has 9 nitrogen and oxygen atoms in total. The molecular weight excluding hydrogens is 416 g/mol. The molecule has 1 amide bonds. The SMILES string of the molecule is Cc1ccc(N(CCC(=O)Nc2cccc(N(N)/C(CS)=N\N)c2)C(C)C(=O)O)cc1. The molecule has 1 atom stereocenters. The minimum atomic E-state index is -0.960. The second-order valence-electron chi connectivity index (χ2n) is 6.97. The largest absolute Gasteiger partial charge is 0.480 e. The number of carboxylic acids is 1. The fraction of sp³-hybridized carbons (Fsp3) is 0.286. The molecule has 0 aliphatic carbocycles. The summed E-state index contributed by atoms with van der Waals surface area (Å²) in [5.41, 5.74) is 2.94. The summed E-state index contributed by atoms with van der Waals surface area (Å²) in [6, 6.07) is 13.6. The van der Waals surface area contributed by atoms with Crippen LogP contribution in [0.1, 0.15) is 18.9 Å². The van der Waals surface area contributed by atoms with Crippen LogP contribution in [-0.4, -0.2) is 41.2 Å². The van der Waals surface area contributed by atoms with Gasteiger partial charge < -0.3 is 21.2 Å². The van der Waals surface area contributed by atoms with Crippen LogP contribution in [0.3, 0.4) is 0 Å². The van der Waals surface area contributed by atoms with Crippen LogP contribution in [0, 0.1) is 6.92 Å². The molecule has 2 rings (SSSR count). The van der Waals surface area contributed by atoms with Gasteiger partial charge >= 0.3 is 5.97 Å². The zero-order valence-electron chi connectivity index (χ0n) is 17.5. The van der Waals surface area contributed by atoms with E-state index < -0.39 is 12.0 Å². The first-order valence-electron chi connectivity index (χ1n) is 9.65. The monoisotopic (exact) mass is 444 g/mol. The summed E-state index contributed by atoms with van der Waals surface area (Å²) < 4.78 is 0. The lowest BCUT2D eigenvalue weighted by Gasteiger charge is -2.28. The van der Waals surface area contributed by atoms with Crippen LogP contribution in [0.2, 0.25) is 0 Å². The Hall–Kier alpha value is -3.24. The number of benzene rings is 2. The fourth-order valence-corrected chi connectivity index (χ4v) is 3.16. The third-order valence-corrected chi connectivity index (χ3v) is 5.03. The highest BCUT2D eigenvalue weighted by atomic mass is 32.1. The lowest BCUT2D eigenvalue weighted by Crippen LogP contribution is -2.40.